The van der Waals surface area contributed by atoms with Crippen LogP contribution in [0, 0.1) is 0 Å². The zero-order chi connectivity index (χ0) is 10.4. The van der Waals surface area contributed by atoms with Gasteiger partial charge in [0.05, 0.1) is 25.8 Å². The van der Waals surface area contributed by atoms with E-state index in [0.717, 1.165) is 26.1 Å². The fourth-order valence-corrected chi connectivity index (χ4v) is 1.42. The van der Waals surface area contributed by atoms with Crippen molar-refractivity contribution in [2.75, 3.05) is 19.8 Å². The van der Waals surface area contributed by atoms with Crippen LogP contribution in [0.3, 0.4) is 0 Å². The minimum Gasteiger partial charge on any atom is -0.378 e. The fourth-order valence-electron chi connectivity index (χ4n) is 1.42. The molecule has 1 heterocycles. The largest absolute Gasteiger partial charge is 0.378 e. The van der Waals surface area contributed by atoms with E-state index in [2.05, 4.69) is 17.6 Å². The Balaban J connectivity index is 2.02. The number of hydrogen-bond acceptors (Lipinski definition) is 3. The van der Waals surface area contributed by atoms with Gasteiger partial charge in [0.25, 0.3) is 0 Å². The predicted octanol–water partition coefficient (Wildman–Crippen LogP) is 0.280. The van der Waals surface area contributed by atoms with Crippen molar-refractivity contribution in [3.05, 3.63) is 0 Å². The van der Waals surface area contributed by atoms with Crippen LogP contribution in [-0.4, -0.2) is 37.7 Å². The van der Waals surface area contributed by atoms with Crippen LogP contribution in [-0.2, 0) is 9.53 Å². The summed E-state index contributed by atoms with van der Waals surface area (Å²) in [6.07, 6.45) is 2.14. The standard InChI is InChI=1S/C10H20N2O2/c1-3-4-8(2)12-10(13)5-11-9-6-14-7-9/h8-9,11H,3-7H2,1-2H3,(H,12,13). The van der Waals surface area contributed by atoms with E-state index in [1.807, 2.05) is 6.92 Å². The van der Waals surface area contributed by atoms with Gasteiger partial charge >= 0.3 is 0 Å². The van der Waals surface area contributed by atoms with E-state index >= 15 is 0 Å². The van der Waals surface area contributed by atoms with Gasteiger partial charge in [-0.2, -0.15) is 0 Å². The molecule has 1 amide bonds. The monoisotopic (exact) mass is 200 g/mol. The van der Waals surface area contributed by atoms with Gasteiger partial charge in [-0.15, -0.1) is 0 Å². The summed E-state index contributed by atoms with van der Waals surface area (Å²) < 4.78 is 4.99. The quantitative estimate of drug-likeness (QED) is 0.647. The second-order valence-corrected chi connectivity index (χ2v) is 3.87. The van der Waals surface area contributed by atoms with Crippen molar-refractivity contribution < 1.29 is 9.53 Å². The molecule has 82 valence electrons. The molecular weight excluding hydrogens is 180 g/mol. The van der Waals surface area contributed by atoms with Gasteiger partial charge in [-0.1, -0.05) is 13.3 Å². The molecule has 0 aromatic rings. The van der Waals surface area contributed by atoms with Crippen LogP contribution in [0.5, 0.6) is 0 Å². The Hall–Kier alpha value is -0.610. The molecule has 1 saturated heterocycles. The molecule has 4 nitrogen and oxygen atoms in total. The Morgan fingerprint density at radius 2 is 2.29 bits per heavy atom. The smallest absolute Gasteiger partial charge is 0.234 e. The van der Waals surface area contributed by atoms with Gasteiger partial charge in [-0.25, -0.2) is 0 Å². The van der Waals surface area contributed by atoms with Crippen LogP contribution in [0.1, 0.15) is 26.7 Å². The first-order valence-corrected chi connectivity index (χ1v) is 5.33. The Morgan fingerprint density at radius 3 is 2.79 bits per heavy atom. The Bertz CT molecular complexity index is 181. The van der Waals surface area contributed by atoms with Crippen molar-refractivity contribution in [2.45, 2.75) is 38.8 Å². The Labute approximate surface area is 85.4 Å². The zero-order valence-electron chi connectivity index (χ0n) is 9.01. The van der Waals surface area contributed by atoms with Crippen LogP contribution in [0.4, 0.5) is 0 Å². The summed E-state index contributed by atoms with van der Waals surface area (Å²) in [4.78, 5) is 11.4. The maximum atomic E-state index is 11.4. The molecule has 0 aromatic carbocycles. The predicted molar refractivity (Wildman–Crippen MR) is 55.1 cm³/mol. The molecule has 1 aliphatic rings. The molecule has 1 rings (SSSR count). The highest BCUT2D eigenvalue weighted by Gasteiger charge is 2.18. The highest BCUT2D eigenvalue weighted by atomic mass is 16.5. The Kier molecular flexibility index (Phi) is 4.90. The lowest BCUT2D eigenvalue weighted by Gasteiger charge is -2.26. The zero-order valence-corrected chi connectivity index (χ0v) is 9.01. The third kappa shape index (κ3) is 4.07. The lowest BCUT2D eigenvalue weighted by molar-refractivity contribution is -0.121. The Morgan fingerprint density at radius 1 is 1.57 bits per heavy atom. The van der Waals surface area contributed by atoms with Gasteiger partial charge in [-0.05, 0) is 13.3 Å². The van der Waals surface area contributed by atoms with Crippen LogP contribution in [0.25, 0.3) is 0 Å². The molecule has 0 aromatic heterocycles. The molecule has 0 spiro atoms. The highest BCUT2D eigenvalue weighted by Crippen LogP contribution is 1.98. The van der Waals surface area contributed by atoms with Crippen LogP contribution >= 0.6 is 0 Å². The SMILES string of the molecule is CCCC(C)NC(=O)CNC1COC1. The molecule has 0 aliphatic carbocycles. The number of rotatable bonds is 6. The summed E-state index contributed by atoms with van der Waals surface area (Å²) >= 11 is 0. The molecule has 0 radical (unpaired) electrons. The lowest BCUT2D eigenvalue weighted by atomic mass is 10.2. The maximum Gasteiger partial charge on any atom is 0.234 e. The van der Waals surface area contributed by atoms with Crippen LogP contribution in [0.15, 0.2) is 0 Å². The number of amides is 1. The summed E-state index contributed by atoms with van der Waals surface area (Å²) in [5.74, 6) is 0.0813. The third-order valence-electron chi connectivity index (χ3n) is 2.32. The van der Waals surface area contributed by atoms with E-state index < -0.39 is 0 Å². The summed E-state index contributed by atoms with van der Waals surface area (Å²) in [5, 5.41) is 6.07. The minimum absolute atomic E-state index is 0.0813. The number of ether oxygens (including phenoxy) is 1. The van der Waals surface area contributed by atoms with Crippen molar-refractivity contribution in [3.63, 3.8) is 0 Å². The molecule has 1 atom stereocenters. The van der Waals surface area contributed by atoms with Gasteiger partial charge in [0.15, 0.2) is 0 Å². The number of hydrogen-bond donors (Lipinski definition) is 2. The molecule has 14 heavy (non-hydrogen) atoms. The molecule has 4 heteroatoms. The van der Waals surface area contributed by atoms with Crippen LogP contribution < -0.4 is 10.6 Å². The van der Waals surface area contributed by atoms with Crippen LogP contribution in [0.2, 0.25) is 0 Å². The van der Waals surface area contributed by atoms with Gasteiger partial charge in [0.1, 0.15) is 0 Å². The van der Waals surface area contributed by atoms with Gasteiger partial charge in [-0.3, -0.25) is 4.79 Å². The number of carbonyl (C=O) groups is 1. The van der Waals surface area contributed by atoms with E-state index in [-0.39, 0.29) is 11.9 Å². The van der Waals surface area contributed by atoms with E-state index in [4.69, 9.17) is 4.74 Å². The summed E-state index contributed by atoms with van der Waals surface area (Å²) in [5.41, 5.74) is 0. The second kappa shape index (κ2) is 5.98. The van der Waals surface area contributed by atoms with Crippen molar-refractivity contribution in [1.82, 2.24) is 10.6 Å². The van der Waals surface area contributed by atoms with E-state index in [1.165, 1.54) is 0 Å². The molecule has 1 aliphatic heterocycles. The number of nitrogens with one attached hydrogen (secondary N) is 2. The second-order valence-electron chi connectivity index (χ2n) is 3.87. The van der Waals surface area contributed by atoms with Crippen molar-refractivity contribution in [3.8, 4) is 0 Å². The van der Waals surface area contributed by atoms with E-state index in [0.29, 0.717) is 12.6 Å². The first kappa shape index (κ1) is 11.5. The molecule has 2 N–H and O–H groups in total. The van der Waals surface area contributed by atoms with Crippen molar-refractivity contribution >= 4 is 5.91 Å². The fraction of sp³-hybridized carbons (Fsp3) is 0.900. The van der Waals surface area contributed by atoms with E-state index in [9.17, 15) is 4.79 Å². The van der Waals surface area contributed by atoms with Gasteiger partial charge in [0, 0.05) is 6.04 Å². The minimum atomic E-state index is 0.0813. The summed E-state index contributed by atoms with van der Waals surface area (Å²) in [6.45, 7) is 6.03. The lowest BCUT2D eigenvalue weighted by Crippen LogP contribution is -2.50. The van der Waals surface area contributed by atoms with Gasteiger partial charge in [0.2, 0.25) is 5.91 Å². The summed E-state index contributed by atoms with van der Waals surface area (Å²) in [7, 11) is 0. The first-order valence-electron chi connectivity index (χ1n) is 5.33. The number of carbonyl (C=O) groups excluding carboxylic acids is 1. The normalized spacial score (nSPS) is 18.7. The highest BCUT2D eigenvalue weighted by molar-refractivity contribution is 5.78. The molecular formula is C10H20N2O2. The van der Waals surface area contributed by atoms with Gasteiger partial charge < -0.3 is 15.4 Å². The first-order chi connectivity index (χ1) is 6.72. The maximum absolute atomic E-state index is 11.4. The molecule has 1 fully saturated rings. The molecule has 1 unspecified atom stereocenters. The average molecular weight is 200 g/mol. The van der Waals surface area contributed by atoms with E-state index in [1.54, 1.807) is 0 Å². The molecule has 0 saturated carbocycles. The summed E-state index contributed by atoms with van der Waals surface area (Å²) in [6, 6.07) is 0.661. The topological polar surface area (TPSA) is 50.4 Å². The van der Waals surface area contributed by atoms with Crippen molar-refractivity contribution in [1.29, 1.82) is 0 Å². The molecule has 0 bridgehead atoms. The van der Waals surface area contributed by atoms with Crippen molar-refractivity contribution in [2.24, 2.45) is 0 Å². The third-order valence-corrected chi connectivity index (χ3v) is 2.32. The average Bonchev–Trinajstić information content (AvgIpc) is 2.01.